The summed E-state index contributed by atoms with van der Waals surface area (Å²) in [5.74, 6) is 1.13. The number of imidazole rings is 1. The van der Waals surface area contributed by atoms with Crippen molar-refractivity contribution in [3.05, 3.63) is 52.5 Å². The van der Waals surface area contributed by atoms with Gasteiger partial charge in [0.1, 0.15) is 5.82 Å². The van der Waals surface area contributed by atoms with Crippen LogP contribution in [0.2, 0.25) is 0 Å². The molecule has 0 bridgehead atoms. The number of rotatable bonds is 5. The fraction of sp³-hybridized carbons (Fsp3) is 0.438. The van der Waals surface area contributed by atoms with Crippen molar-refractivity contribution in [3.63, 3.8) is 0 Å². The fourth-order valence-electron chi connectivity index (χ4n) is 2.57. The lowest BCUT2D eigenvalue weighted by Crippen LogP contribution is -2.38. The molecule has 112 valence electrons. The van der Waals surface area contributed by atoms with E-state index < -0.39 is 0 Å². The lowest BCUT2D eigenvalue weighted by atomic mass is 10.1. The van der Waals surface area contributed by atoms with Crippen LogP contribution in [-0.2, 0) is 17.7 Å². The Balaban J connectivity index is 1.59. The molecule has 1 saturated heterocycles. The molecule has 1 aliphatic rings. The van der Waals surface area contributed by atoms with Crippen LogP contribution < -0.4 is 0 Å². The van der Waals surface area contributed by atoms with Gasteiger partial charge in [0, 0.05) is 49.5 Å². The molecular weight excluding hydrogens is 330 g/mol. The van der Waals surface area contributed by atoms with E-state index in [0.717, 1.165) is 56.1 Å². The van der Waals surface area contributed by atoms with Gasteiger partial charge in [0.15, 0.2) is 0 Å². The van der Waals surface area contributed by atoms with Gasteiger partial charge in [0.05, 0.1) is 13.2 Å². The third-order valence-electron chi connectivity index (χ3n) is 3.84. The van der Waals surface area contributed by atoms with Gasteiger partial charge in [-0.25, -0.2) is 4.98 Å². The molecule has 1 fully saturated rings. The third-order valence-corrected chi connectivity index (χ3v) is 4.37. The molecule has 2 heterocycles. The maximum absolute atomic E-state index is 5.38. The smallest absolute Gasteiger partial charge is 0.113 e. The Hall–Kier alpha value is -1.17. The minimum absolute atomic E-state index is 0.857. The van der Waals surface area contributed by atoms with Gasteiger partial charge in [-0.15, -0.1) is 0 Å². The Kier molecular flexibility index (Phi) is 5.06. The minimum Gasteiger partial charge on any atom is -0.379 e. The van der Waals surface area contributed by atoms with Gasteiger partial charge < -0.3 is 9.30 Å². The van der Waals surface area contributed by atoms with Crippen molar-refractivity contribution in [3.8, 4) is 0 Å². The van der Waals surface area contributed by atoms with E-state index in [0.29, 0.717) is 0 Å². The molecule has 0 N–H and O–H groups in total. The zero-order valence-corrected chi connectivity index (χ0v) is 13.6. The number of morpholine rings is 1. The largest absolute Gasteiger partial charge is 0.379 e. The van der Waals surface area contributed by atoms with Crippen molar-refractivity contribution in [2.45, 2.75) is 13.0 Å². The molecule has 21 heavy (non-hydrogen) atoms. The molecule has 1 aromatic carbocycles. The average molecular weight is 350 g/mol. The van der Waals surface area contributed by atoms with E-state index in [1.807, 2.05) is 6.20 Å². The molecule has 5 heteroatoms. The summed E-state index contributed by atoms with van der Waals surface area (Å²) in [5.41, 5.74) is 1.29. The van der Waals surface area contributed by atoms with Gasteiger partial charge in [0.25, 0.3) is 0 Å². The molecule has 0 spiro atoms. The Bertz CT molecular complexity index is 561. The van der Waals surface area contributed by atoms with E-state index in [9.17, 15) is 0 Å². The van der Waals surface area contributed by atoms with Crippen LogP contribution in [0.15, 0.2) is 41.1 Å². The van der Waals surface area contributed by atoms with Gasteiger partial charge >= 0.3 is 0 Å². The van der Waals surface area contributed by atoms with E-state index in [4.69, 9.17) is 4.74 Å². The Morgan fingerprint density at radius 1 is 1.10 bits per heavy atom. The van der Waals surface area contributed by atoms with Crippen molar-refractivity contribution in [1.82, 2.24) is 14.5 Å². The summed E-state index contributed by atoms with van der Waals surface area (Å²) in [4.78, 5) is 6.96. The number of benzene rings is 1. The van der Waals surface area contributed by atoms with Gasteiger partial charge in [-0.05, 0) is 17.7 Å². The minimum atomic E-state index is 0.857. The molecule has 0 atom stereocenters. The van der Waals surface area contributed by atoms with Crippen molar-refractivity contribution in [2.24, 2.45) is 0 Å². The first-order valence-electron chi connectivity index (χ1n) is 7.36. The topological polar surface area (TPSA) is 30.3 Å². The van der Waals surface area contributed by atoms with Crippen LogP contribution in [0.3, 0.4) is 0 Å². The van der Waals surface area contributed by atoms with Crippen LogP contribution in [0.4, 0.5) is 0 Å². The summed E-state index contributed by atoms with van der Waals surface area (Å²) in [7, 11) is 0. The predicted molar refractivity (Wildman–Crippen MR) is 86.4 cm³/mol. The monoisotopic (exact) mass is 349 g/mol. The first-order chi connectivity index (χ1) is 10.3. The molecule has 1 aliphatic heterocycles. The summed E-state index contributed by atoms with van der Waals surface area (Å²) in [6, 6.07) is 8.45. The molecule has 1 aromatic heterocycles. The van der Waals surface area contributed by atoms with Crippen LogP contribution in [0.1, 0.15) is 11.4 Å². The van der Waals surface area contributed by atoms with E-state index in [1.165, 1.54) is 5.56 Å². The van der Waals surface area contributed by atoms with E-state index in [2.05, 4.69) is 60.8 Å². The summed E-state index contributed by atoms with van der Waals surface area (Å²) in [5, 5.41) is 0. The fourth-order valence-corrected chi connectivity index (χ4v) is 2.83. The highest BCUT2D eigenvalue weighted by molar-refractivity contribution is 9.10. The number of hydrogen-bond acceptors (Lipinski definition) is 3. The maximum atomic E-state index is 5.38. The first kappa shape index (κ1) is 14.8. The molecule has 0 saturated carbocycles. The third kappa shape index (κ3) is 4.15. The highest BCUT2D eigenvalue weighted by Crippen LogP contribution is 2.13. The standard InChI is InChI=1S/C16H20BrN3O/c17-15-3-1-14(2-4-15)13-16-18-5-6-20(16)8-7-19-9-11-21-12-10-19/h1-6H,7-13H2. The summed E-state index contributed by atoms with van der Waals surface area (Å²) >= 11 is 3.47. The van der Waals surface area contributed by atoms with Crippen molar-refractivity contribution in [2.75, 3.05) is 32.8 Å². The second-order valence-electron chi connectivity index (χ2n) is 5.29. The van der Waals surface area contributed by atoms with Crippen molar-refractivity contribution >= 4 is 15.9 Å². The number of ether oxygens (including phenoxy) is 1. The van der Waals surface area contributed by atoms with Gasteiger partial charge in [0.2, 0.25) is 0 Å². The number of halogens is 1. The SMILES string of the molecule is Brc1ccc(Cc2nccn2CCN2CCOCC2)cc1. The zero-order chi connectivity index (χ0) is 14.5. The second-order valence-corrected chi connectivity index (χ2v) is 6.21. The molecule has 4 nitrogen and oxygen atoms in total. The van der Waals surface area contributed by atoms with Crippen molar-refractivity contribution in [1.29, 1.82) is 0 Å². The highest BCUT2D eigenvalue weighted by Gasteiger charge is 2.11. The second kappa shape index (κ2) is 7.20. The number of nitrogens with zero attached hydrogens (tertiary/aromatic N) is 3. The van der Waals surface area contributed by atoms with E-state index >= 15 is 0 Å². The maximum Gasteiger partial charge on any atom is 0.113 e. The van der Waals surface area contributed by atoms with Crippen LogP contribution in [0.25, 0.3) is 0 Å². The van der Waals surface area contributed by atoms with Crippen LogP contribution in [-0.4, -0.2) is 47.3 Å². The highest BCUT2D eigenvalue weighted by atomic mass is 79.9. The number of aromatic nitrogens is 2. The lowest BCUT2D eigenvalue weighted by Gasteiger charge is -2.26. The van der Waals surface area contributed by atoms with Crippen LogP contribution in [0, 0.1) is 0 Å². The molecule has 2 aromatic rings. The van der Waals surface area contributed by atoms with Gasteiger partial charge in [-0.1, -0.05) is 28.1 Å². The number of hydrogen-bond donors (Lipinski definition) is 0. The Labute approximate surface area is 133 Å². The van der Waals surface area contributed by atoms with E-state index in [-0.39, 0.29) is 0 Å². The summed E-state index contributed by atoms with van der Waals surface area (Å²) < 4.78 is 8.76. The lowest BCUT2D eigenvalue weighted by molar-refractivity contribution is 0.0363. The summed E-state index contributed by atoms with van der Waals surface area (Å²) in [6.07, 6.45) is 4.85. The molecule has 0 radical (unpaired) electrons. The first-order valence-corrected chi connectivity index (χ1v) is 8.15. The zero-order valence-electron chi connectivity index (χ0n) is 12.0. The normalized spacial score (nSPS) is 16.2. The van der Waals surface area contributed by atoms with E-state index in [1.54, 1.807) is 0 Å². The molecule has 0 aliphatic carbocycles. The molecule has 3 rings (SSSR count). The van der Waals surface area contributed by atoms with Gasteiger partial charge in [-0.2, -0.15) is 0 Å². The van der Waals surface area contributed by atoms with Gasteiger partial charge in [-0.3, -0.25) is 4.90 Å². The average Bonchev–Trinajstić information content (AvgIpc) is 2.96. The Morgan fingerprint density at radius 3 is 2.62 bits per heavy atom. The van der Waals surface area contributed by atoms with Crippen LogP contribution in [0.5, 0.6) is 0 Å². The van der Waals surface area contributed by atoms with Crippen molar-refractivity contribution < 1.29 is 4.74 Å². The quantitative estimate of drug-likeness (QED) is 0.830. The summed E-state index contributed by atoms with van der Waals surface area (Å²) in [6.45, 7) is 5.85. The van der Waals surface area contributed by atoms with Crippen LogP contribution >= 0.6 is 15.9 Å². The Morgan fingerprint density at radius 2 is 1.86 bits per heavy atom. The molecular formula is C16H20BrN3O. The molecule has 0 amide bonds. The molecule has 0 unspecified atom stereocenters. The predicted octanol–water partition coefficient (Wildman–Crippen LogP) is 2.57.